The predicted octanol–water partition coefficient (Wildman–Crippen LogP) is 2.33. The Kier molecular flexibility index (Phi) is 7.08. The lowest BCUT2D eigenvalue weighted by molar-refractivity contribution is -0.123. The number of aromatic nitrogens is 3. The largest absolute Gasteiger partial charge is 0.489 e. The maximum absolute atomic E-state index is 13.4. The van der Waals surface area contributed by atoms with Gasteiger partial charge in [0.1, 0.15) is 30.3 Å². The molecule has 9 heteroatoms. The minimum Gasteiger partial charge on any atom is -0.489 e. The van der Waals surface area contributed by atoms with Gasteiger partial charge in [0.2, 0.25) is 5.82 Å². The zero-order valence-corrected chi connectivity index (χ0v) is 20.8. The van der Waals surface area contributed by atoms with Gasteiger partial charge in [-0.05, 0) is 44.5 Å². The first-order valence-corrected chi connectivity index (χ1v) is 11.7. The van der Waals surface area contributed by atoms with Crippen LogP contribution in [0.4, 0.5) is 5.69 Å². The summed E-state index contributed by atoms with van der Waals surface area (Å²) in [5, 5.41) is 14.2. The zero-order valence-electron chi connectivity index (χ0n) is 20.8. The van der Waals surface area contributed by atoms with Crippen molar-refractivity contribution in [2.45, 2.75) is 39.0 Å². The van der Waals surface area contributed by atoms with Gasteiger partial charge in [0.25, 0.3) is 11.8 Å². The Morgan fingerprint density at radius 1 is 1.25 bits per heavy atom. The molecular formula is C27H29N5O4. The summed E-state index contributed by atoms with van der Waals surface area (Å²) in [4.78, 5) is 33.9. The summed E-state index contributed by atoms with van der Waals surface area (Å²) in [6, 6.07) is 14.1. The fourth-order valence-corrected chi connectivity index (χ4v) is 3.88. The second kappa shape index (κ2) is 10.2. The minimum atomic E-state index is -1.14. The molecule has 0 fully saturated rings. The van der Waals surface area contributed by atoms with Crippen LogP contribution in [0, 0.1) is 11.8 Å². The van der Waals surface area contributed by atoms with E-state index in [9.17, 15) is 14.7 Å². The van der Waals surface area contributed by atoms with Gasteiger partial charge in [-0.25, -0.2) is 9.67 Å². The third-order valence-electron chi connectivity index (χ3n) is 5.74. The number of carbonyl (C=O) groups is 2. The van der Waals surface area contributed by atoms with Crippen molar-refractivity contribution in [1.82, 2.24) is 19.7 Å². The molecule has 1 aliphatic heterocycles. The van der Waals surface area contributed by atoms with Crippen molar-refractivity contribution >= 4 is 17.5 Å². The van der Waals surface area contributed by atoms with E-state index in [0.29, 0.717) is 23.5 Å². The molecule has 0 saturated carbocycles. The van der Waals surface area contributed by atoms with Gasteiger partial charge in [0, 0.05) is 19.2 Å². The summed E-state index contributed by atoms with van der Waals surface area (Å²) in [6.07, 6.45) is 1.51. The third kappa shape index (κ3) is 5.56. The van der Waals surface area contributed by atoms with Gasteiger partial charge in [-0.1, -0.05) is 42.2 Å². The fourth-order valence-electron chi connectivity index (χ4n) is 3.88. The van der Waals surface area contributed by atoms with Crippen molar-refractivity contribution in [3.05, 3.63) is 71.8 Å². The quantitative estimate of drug-likeness (QED) is 0.555. The number of amides is 2. The number of ether oxygens (including phenoxy) is 1. The Bertz CT molecular complexity index is 1320. The molecule has 1 unspecified atom stereocenters. The van der Waals surface area contributed by atoms with E-state index in [4.69, 9.17) is 4.74 Å². The SMILES string of the molecule is CCN(C(=O)c1ncn(Cc2ccccc2)n1)C1COc2ccc(C#CC(C)(C)O)cc2N(C)C1=O. The lowest BCUT2D eigenvalue weighted by atomic mass is 10.1. The first kappa shape index (κ1) is 24.9. The van der Waals surface area contributed by atoms with Crippen LogP contribution in [0.15, 0.2) is 54.9 Å². The molecule has 2 aromatic carbocycles. The molecule has 1 aromatic heterocycles. The molecule has 2 amide bonds. The summed E-state index contributed by atoms with van der Waals surface area (Å²) in [5.41, 5.74) is 1.07. The van der Waals surface area contributed by atoms with Crippen molar-refractivity contribution in [1.29, 1.82) is 0 Å². The van der Waals surface area contributed by atoms with Crippen LogP contribution in [0.25, 0.3) is 0 Å². The van der Waals surface area contributed by atoms with Gasteiger partial charge in [0.05, 0.1) is 12.2 Å². The molecule has 4 rings (SSSR count). The molecule has 0 bridgehead atoms. The summed E-state index contributed by atoms with van der Waals surface area (Å²) in [7, 11) is 1.64. The van der Waals surface area contributed by atoms with Gasteiger partial charge in [0.15, 0.2) is 0 Å². The van der Waals surface area contributed by atoms with Crippen LogP contribution in [0.3, 0.4) is 0 Å². The summed E-state index contributed by atoms with van der Waals surface area (Å²) in [6.45, 7) is 5.75. The van der Waals surface area contributed by atoms with Gasteiger partial charge in [-0.3, -0.25) is 9.59 Å². The molecule has 0 spiro atoms. The van der Waals surface area contributed by atoms with Crippen molar-refractivity contribution in [3.8, 4) is 17.6 Å². The summed E-state index contributed by atoms with van der Waals surface area (Å²) in [5.74, 6) is 5.48. The van der Waals surface area contributed by atoms with E-state index in [2.05, 4.69) is 21.9 Å². The summed E-state index contributed by atoms with van der Waals surface area (Å²) >= 11 is 0. The van der Waals surface area contributed by atoms with E-state index in [1.54, 1.807) is 50.7 Å². The normalized spacial score (nSPS) is 15.3. The Balaban J connectivity index is 1.54. The Morgan fingerprint density at radius 3 is 2.69 bits per heavy atom. The molecule has 9 nitrogen and oxygen atoms in total. The number of hydrogen-bond donors (Lipinski definition) is 1. The number of likely N-dealkylation sites (N-methyl/N-ethyl adjacent to an activating group) is 2. The van der Waals surface area contributed by atoms with Crippen LogP contribution in [0.5, 0.6) is 5.75 Å². The van der Waals surface area contributed by atoms with Crippen molar-refractivity contribution in [3.63, 3.8) is 0 Å². The number of anilines is 1. The molecule has 1 aliphatic rings. The average Bonchev–Trinajstić information content (AvgIpc) is 3.28. The Labute approximate surface area is 210 Å². The van der Waals surface area contributed by atoms with E-state index in [0.717, 1.165) is 5.56 Å². The van der Waals surface area contributed by atoms with Gasteiger partial charge in [-0.15, -0.1) is 5.10 Å². The number of carbonyl (C=O) groups excluding carboxylic acids is 2. The van der Waals surface area contributed by atoms with E-state index in [-0.39, 0.29) is 24.9 Å². The summed E-state index contributed by atoms with van der Waals surface area (Å²) < 4.78 is 7.55. The van der Waals surface area contributed by atoms with E-state index >= 15 is 0 Å². The zero-order chi connectivity index (χ0) is 25.9. The fraction of sp³-hybridized carbons (Fsp3) is 0.333. The molecule has 186 valence electrons. The molecule has 1 N–H and O–H groups in total. The standard InChI is InChI=1S/C27H29N5O4/c1-5-32(26(34)24-28-18-31(29-24)16-20-9-7-6-8-10-20)22-17-36-23-12-11-19(13-14-27(2,3)35)15-21(23)30(4)25(22)33/h6-12,15,18,22,35H,5,16-17H2,1-4H3. The van der Waals surface area contributed by atoms with Crippen LogP contribution in [-0.4, -0.2) is 68.4 Å². The molecule has 0 aliphatic carbocycles. The molecule has 36 heavy (non-hydrogen) atoms. The third-order valence-corrected chi connectivity index (χ3v) is 5.74. The lowest BCUT2D eigenvalue weighted by Crippen LogP contribution is -2.52. The highest BCUT2D eigenvalue weighted by molar-refractivity contribution is 6.02. The van der Waals surface area contributed by atoms with Gasteiger partial charge >= 0.3 is 0 Å². The van der Waals surface area contributed by atoms with Crippen LogP contribution < -0.4 is 9.64 Å². The van der Waals surface area contributed by atoms with Crippen LogP contribution in [0.1, 0.15) is 42.5 Å². The van der Waals surface area contributed by atoms with Crippen molar-refractivity contribution < 1.29 is 19.4 Å². The predicted molar refractivity (Wildman–Crippen MR) is 135 cm³/mol. The average molecular weight is 488 g/mol. The number of hydrogen-bond acceptors (Lipinski definition) is 6. The minimum absolute atomic E-state index is 0.00479. The van der Waals surface area contributed by atoms with Crippen LogP contribution >= 0.6 is 0 Å². The molecular weight excluding hydrogens is 458 g/mol. The molecule has 1 atom stereocenters. The van der Waals surface area contributed by atoms with Gasteiger partial charge in [-0.2, -0.15) is 0 Å². The maximum atomic E-state index is 13.4. The highest BCUT2D eigenvalue weighted by Gasteiger charge is 2.37. The van der Waals surface area contributed by atoms with E-state index in [1.807, 2.05) is 30.3 Å². The van der Waals surface area contributed by atoms with Crippen molar-refractivity contribution in [2.75, 3.05) is 25.1 Å². The number of fused-ring (bicyclic) bond motifs is 1. The van der Waals surface area contributed by atoms with Crippen LogP contribution in [0.2, 0.25) is 0 Å². The number of aliphatic hydroxyl groups is 1. The van der Waals surface area contributed by atoms with E-state index in [1.165, 1.54) is 16.1 Å². The monoisotopic (exact) mass is 487 g/mol. The van der Waals surface area contributed by atoms with E-state index < -0.39 is 17.6 Å². The molecule has 2 heterocycles. The first-order valence-electron chi connectivity index (χ1n) is 11.7. The number of nitrogens with zero attached hydrogens (tertiary/aromatic N) is 5. The Morgan fingerprint density at radius 2 is 2.00 bits per heavy atom. The number of benzene rings is 2. The van der Waals surface area contributed by atoms with Crippen LogP contribution in [-0.2, 0) is 11.3 Å². The molecule has 0 radical (unpaired) electrons. The maximum Gasteiger partial charge on any atom is 0.294 e. The highest BCUT2D eigenvalue weighted by Crippen LogP contribution is 2.32. The lowest BCUT2D eigenvalue weighted by Gasteiger charge is -2.29. The molecule has 3 aromatic rings. The smallest absolute Gasteiger partial charge is 0.294 e. The second-order valence-corrected chi connectivity index (χ2v) is 9.06. The van der Waals surface area contributed by atoms with Gasteiger partial charge < -0.3 is 19.6 Å². The Hall–Kier alpha value is -4.16. The topological polar surface area (TPSA) is 101 Å². The number of rotatable bonds is 5. The second-order valence-electron chi connectivity index (χ2n) is 9.06. The highest BCUT2D eigenvalue weighted by atomic mass is 16.5. The first-order chi connectivity index (χ1) is 17.2. The van der Waals surface area contributed by atoms with Crippen molar-refractivity contribution in [2.24, 2.45) is 0 Å². The molecule has 0 saturated heterocycles.